The highest BCUT2D eigenvalue weighted by Crippen LogP contribution is 2.41. The Kier molecular flexibility index (Phi) is 8.91. The smallest absolute Gasteiger partial charge is 0.459 e. The average Bonchev–Trinajstić information content (AvgIpc) is 3.30. The Morgan fingerprint density at radius 2 is 1.66 bits per heavy atom. The largest absolute Gasteiger partial charge is 0.514 e. The van der Waals surface area contributed by atoms with E-state index in [1.54, 1.807) is 70.4 Å². The second-order valence-corrected chi connectivity index (χ2v) is 14.5. The van der Waals surface area contributed by atoms with Gasteiger partial charge >= 0.3 is 24.1 Å². The monoisotopic (exact) mass is 666 g/mol. The molecule has 0 saturated heterocycles. The SMILES string of the molecule is CCc1c2c(nc3ccc(OC(=O)OC(C)(C)C)cc13)-c1cc3c(c(=O)n1C2)COC(=O)[C@@]3(C)OC(=O)CSCC(=O)OC(C)(C)C. The number of benzene rings is 1. The van der Waals surface area contributed by atoms with Crippen LogP contribution in [0, 0.1) is 0 Å². The lowest BCUT2D eigenvalue weighted by Crippen LogP contribution is -2.46. The summed E-state index contributed by atoms with van der Waals surface area (Å²) < 4.78 is 28.6. The van der Waals surface area contributed by atoms with Gasteiger partial charge in [-0.1, -0.05) is 6.92 Å². The third kappa shape index (κ3) is 6.99. The van der Waals surface area contributed by atoms with Gasteiger partial charge in [0.15, 0.2) is 0 Å². The van der Waals surface area contributed by atoms with Crippen LogP contribution >= 0.6 is 11.8 Å². The summed E-state index contributed by atoms with van der Waals surface area (Å²) >= 11 is 0.994. The quantitative estimate of drug-likeness (QED) is 0.145. The molecule has 47 heavy (non-hydrogen) atoms. The molecule has 4 heterocycles. The van der Waals surface area contributed by atoms with Crippen LogP contribution in [0.3, 0.4) is 0 Å². The molecule has 0 radical (unpaired) electrons. The molecule has 1 atom stereocenters. The molecule has 0 N–H and O–H groups in total. The van der Waals surface area contributed by atoms with E-state index >= 15 is 0 Å². The lowest BCUT2D eigenvalue weighted by Gasteiger charge is -2.33. The number of aryl methyl sites for hydroxylation is 1. The summed E-state index contributed by atoms with van der Waals surface area (Å²) in [5, 5.41) is 0.763. The van der Waals surface area contributed by atoms with E-state index in [-0.39, 0.29) is 41.3 Å². The van der Waals surface area contributed by atoms with Gasteiger partial charge in [0.25, 0.3) is 5.56 Å². The molecule has 1 aromatic carbocycles. The van der Waals surface area contributed by atoms with Crippen LogP contribution in [-0.4, -0.2) is 56.3 Å². The number of cyclic esters (lactones) is 1. The van der Waals surface area contributed by atoms with Gasteiger partial charge in [0.1, 0.15) is 23.6 Å². The van der Waals surface area contributed by atoms with E-state index < -0.39 is 40.9 Å². The number of ether oxygens (including phenoxy) is 5. The summed E-state index contributed by atoms with van der Waals surface area (Å²) in [5.74, 6) is -2.06. The number of hydrogen-bond acceptors (Lipinski definition) is 12. The van der Waals surface area contributed by atoms with Crippen molar-refractivity contribution in [1.29, 1.82) is 0 Å². The Balaban J connectivity index is 1.47. The number of hydrogen-bond donors (Lipinski definition) is 0. The Labute approximate surface area is 276 Å². The van der Waals surface area contributed by atoms with Gasteiger partial charge in [-0.2, -0.15) is 0 Å². The summed E-state index contributed by atoms with van der Waals surface area (Å²) in [6.45, 7) is 13.8. The molecule has 2 aliphatic rings. The molecular weight excluding hydrogens is 628 g/mol. The van der Waals surface area contributed by atoms with Crippen LogP contribution in [0.25, 0.3) is 22.3 Å². The number of aromatic nitrogens is 2. The Morgan fingerprint density at radius 1 is 0.979 bits per heavy atom. The van der Waals surface area contributed by atoms with Crippen LogP contribution in [0.15, 0.2) is 29.1 Å². The fraction of sp³-hybridized carbons (Fsp3) is 0.471. The molecule has 0 aliphatic carbocycles. The molecule has 0 bridgehead atoms. The Morgan fingerprint density at radius 3 is 2.32 bits per heavy atom. The van der Waals surface area contributed by atoms with E-state index in [9.17, 15) is 24.0 Å². The predicted octanol–water partition coefficient (Wildman–Crippen LogP) is 5.19. The van der Waals surface area contributed by atoms with Gasteiger partial charge in [-0.15, -0.1) is 11.8 Å². The molecule has 250 valence electrons. The highest BCUT2D eigenvalue weighted by Gasteiger charge is 2.48. The normalized spacial score (nSPS) is 16.9. The van der Waals surface area contributed by atoms with Crippen molar-refractivity contribution in [3.05, 3.63) is 56.9 Å². The summed E-state index contributed by atoms with van der Waals surface area (Å²) in [4.78, 5) is 69.1. The van der Waals surface area contributed by atoms with E-state index in [0.717, 1.165) is 28.3 Å². The molecule has 0 fully saturated rings. The van der Waals surface area contributed by atoms with Crippen molar-refractivity contribution in [2.75, 3.05) is 11.5 Å². The minimum Gasteiger partial charge on any atom is -0.459 e. The molecule has 3 aromatic rings. The number of thioether (sulfide) groups is 1. The third-order valence-corrected chi connectivity index (χ3v) is 8.39. The maximum Gasteiger partial charge on any atom is 0.514 e. The lowest BCUT2D eigenvalue weighted by atomic mass is 9.89. The minimum atomic E-state index is -1.90. The fourth-order valence-corrected chi connectivity index (χ4v) is 6.21. The molecule has 2 aliphatic heterocycles. The van der Waals surface area contributed by atoms with E-state index in [4.69, 9.17) is 28.7 Å². The van der Waals surface area contributed by atoms with Crippen molar-refractivity contribution >= 4 is 46.7 Å². The van der Waals surface area contributed by atoms with Crippen LogP contribution in [0.4, 0.5) is 4.79 Å². The average molecular weight is 667 g/mol. The number of pyridine rings is 2. The van der Waals surface area contributed by atoms with Crippen molar-refractivity contribution in [1.82, 2.24) is 9.55 Å². The van der Waals surface area contributed by atoms with Gasteiger partial charge in [-0.25, -0.2) is 14.6 Å². The van der Waals surface area contributed by atoms with Crippen LogP contribution in [0.2, 0.25) is 0 Å². The van der Waals surface area contributed by atoms with Crippen molar-refractivity contribution in [2.24, 2.45) is 0 Å². The number of rotatable bonds is 7. The molecule has 0 spiro atoms. The van der Waals surface area contributed by atoms with Gasteiger partial charge < -0.3 is 28.3 Å². The van der Waals surface area contributed by atoms with E-state index in [2.05, 4.69) is 0 Å². The molecule has 12 nitrogen and oxygen atoms in total. The summed E-state index contributed by atoms with van der Waals surface area (Å²) in [5.41, 5.74) is 0.172. The molecule has 5 rings (SSSR count). The first kappa shape index (κ1) is 34.0. The Bertz CT molecular complexity index is 1870. The molecule has 0 saturated carbocycles. The van der Waals surface area contributed by atoms with E-state index in [1.807, 2.05) is 6.92 Å². The second kappa shape index (κ2) is 12.3. The van der Waals surface area contributed by atoms with Gasteiger partial charge in [-0.3, -0.25) is 14.4 Å². The van der Waals surface area contributed by atoms with Crippen molar-refractivity contribution < 1.29 is 42.9 Å². The maximum absolute atomic E-state index is 13.9. The van der Waals surface area contributed by atoms with Gasteiger partial charge in [0, 0.05) is 16.5 Å². The number of carbonyl (C=O) groups excluding carboxylic acids is 4. The fourth-order valence-electron chi connectivity index (χ4n) is 5.66. The van der Waals surface area contributed by atoms with Crippen LogP contribution in [-0.2, 0) is 58.5 Å². The van der Waals surface area contributed by atoms with Gasteiger partial charge in [-0.05, 0) is 84.7 Å². The standard InChI is InChI=1S/C34H38N2O10S/c1-9-19-20-12-18(43-31(41)46-33(5,6)7)10-11-24(20)35-28-21(19)14-36-25(28)13-23-22(29(36)39)15-42-30(40)34(23,8)45-27(38)17-47-16-26(37)44-32(2,3)4/h10-13H,9,14-17H2,1-8H3/t34-/m0/s1. The van der Waals surface area contributed by atoms with Crippen molar-refractivity contribution in [3.8, 4) is 17.1 Å². The van der Waals surface area contributed by atoms with E-state index in [1.165, 1.54) is 6.92 Å². The highest BCUT2D eigenvalue weighted by atomic mass is 32.2. The molecule has 13 heteroatoms. The zero-order valence-electron chi connectivity index (χ0n) is 27.7. The number of esters is 3. The summed E-state index contributed by atoms with van der Waals surface area (Å²) in [6.07, 6.45) is -0.229. The minimum absolute atomic E-state index is 0.0796. The van der Waals surface area contributed by atoms with E-state index in [0.29, 0.717) is 29.1 Å². The van der Waals surface area contributed by atoms with Crippen molar-refractivity contribution in [2.45, 2.75) is 91.8 Å². The zero-order chi connectivity index (χ0) is 34.5. The van der Waals surface area contributed by atoms with Crippen LogP contribution in [0.1, 0.15) is 77.6 Å². The highest BCUT2D eigenvalue weighted by molar-refractivity contribution is 8.00. The van der Waals surface area contributed by atoms with Crippen LogP contribution in [0.5, 0.6) is 5.75 Å². The zero-order valence-corrected chi connectivity index (χ0v) is 28.5. The first-order chi connectivity index (χ1) is 21.9. The molecule has 2 aromatic heterocycles. The first-order valence-electron chi connectivity index (χ1n) is 15.2. The van der Waals surface area contributed by atoms with Crippen LogP contribution < -0.4 is 10.3 Å². The molecule has 0 amide bonds. The van der Waals surface area contributed by atoms with Gasteiger partial charge in [0.2, 0.25) is 5.60 Å². The summed E-state index contributed by atoms with van der Waals surface area (Å²) in [6, 6.07) is 6.74. The predicted molar refractivity (Wildman–Crippen MR) is 173 cm³/mol. The number of fused-ring (bicyclic) bond motifs is 5. The number of nitrogens with zero attached hydrogens (tertiary/aromatic N) is 2. The maximum atomic E-state index is 13.9. The Hall–Kier alpha value is -4.39. The number of carbonyl (C=O) groups is 4. The third-order valence-electron chi connectivity index (χ3n) is 7.51. The lowest BCUT2D eigenvalue weighted by molar-refractivity contribution is -0.184. The van der Waals surface area contributed by atoms with Crippen molar-refractivity contribution in [3.63, 3.8) is 0 Å². The summed E-state index contributed by atoms with van der Waals surface area (Å²) in [7, 11) is 0. The second-order valence-electron chi connectivity index (χ2n) is 13.5. The molecule has 0 unspecified atom stereocenters. The molecular formula is C34H38N2O10S. The topological polar surface area (TPSA) is 149 Å². The van der Waals surface area contributed by atoms with Gasteiger partial charge in [0.05, 0.1) is 40.5 Å². The first-order valence-corrected chi connectivity index (χ1v) is 16.4.